The van der Waals surface area contributed by atoms with Gasteiger partial charge in [-0.3, -0.25) is 9.59 Å². The van der Waals surface area contributed by atoms with Gasteiger partial charge < -0.3 is 21.1 Å². The van der Waals surface area contributed by atoms with Gasteiger partial charge in [0.1, 0.15) is 0 Å². The molecule has 0 spiro atoms. The lowest BCUT2D eigenvalue weighted by molar-refractivity contribution is -0.118. The Hall–Kier alpha value is -1.92. The molecule has 0 saturated carbocycles. The van der Waals surface area contributed by atoms with Gasteiger partial charge in [0.2, 0.25) is 11.8 Å². The number of hydrogen-bond donors (Lipinski definition) is 3. The highest BCUT2D eigenvalue weighted by atomic mass is 16.5. The van der Waals surface area contributed by atoms with E-state index in [1.165, 1.54) is 0 Å². The Balaban J connectivity index is 2.09. The van der Waals surface area contributed by atoms with Crippen LogP contribution in [-0.4, -0.2) is 37.6 Å². The van der Waals surface area contributed by atoms with Crippen LogP contribution in [0.2, 0.25) is 0 Å². The number of nitrogens with one attached hydrogen (secondary N) is 2. The second-order valence-electron chi connectivity index (χ2n) is 4.89. The lowest BCUT2D eigenvalue weighted by Gasteiger charge is -2.14. The van der Waals surface area contributed by atoms with Gasteiger partial charge in [0.15, 0.2) is 0 Å². The molecule has 1 heterocycles. The van der Waals surface area contributed by atoms with E-state index in [2.05, 4.69) is 10.6 Å². The molecule has 20 heavy (non-hydrogen) atoms. The highest BCUT2D eigenvalue weighted by Gasteiger charge is 2.29. The molecule has 108 valence electrons. The second-order valence-corrected chi connectivity index (χ2v) is 4.89. The number of ether oxygens (including phenoxy) is 1. The maximum Gasteiger partial charge on any atom is 0.249 e. The number of carbonyl (C=O) groups excluding carboxylic acids is 2. The third-order valence-corrected chi connectivity index (χ3v) is 3.60. The number of nitrogens with two attached hydrogens (primary N) is 1. The van der Waals surface area contributed by atoms with Gasteiger partial charge in [-0.2, -0.15) is 0 Å². The molecule has 2 rings (SSSR count). The zero-order chi connectivity index (χ0) is 14.7. The van der Waals surface area contributed by atoms with Crippen molar-refractivity contribution in [2.75, 3.05) is 19.0 Å². The molecule has 1 aliphatic rings. The van der Waals surface area contributed by atoms with Crippen LogP contribution in [0.25, 0.3) is 0 Å². The smallest absolute Gasteiger partial charge is 0.249 e. The summed E-state index contributed by atoms with van der Waals surface area (Å²) in [6, 6.07) is 4.81. The molecule has 1 fully saturated rings. The summed E-state index contributed by atoms with van der Waals surface area (Å²) in [6.07, 6.45) is 0.695. The molecule has 1 aromatic rings. The van der Waals surface area contributed by atoms with Crippen LogP contribution in [0.4, 0.5) is 5.69 Å². The van der Waals surface area contributed by atoms with Gasteiger partial charge in [0, 0.05) is 24.9 Å². The maximum absolute atomic E-state index is 12.2. The van der Waals surface area contributed by atoms with Crippen molar-refractivity contribution in [1.29, 1.82) is 0 Å². The Bertz CT molecular complexity index is 530. The Labute approximate surface area is 117 Å². The number of primary amides is 1. The van der Waals surface area contributed by atoms with Crippen molar-refractivity contribution in [1.82, 2.24) is 5.32 Å². The fraction of sp³-hybridized carbons (Fsp3) is 0.429. The highest BCUT2D eigenvalue weighted by Crippen LogP contribution is 2.20. The first-order valence-electron chi connectivity index (χ1n) is 6.49. The Morgan fingerprint density at radius 2 is 2.20 bits per heavy atom. The quantitative estimate of drug-likeness (QED) is 0.743. The third-order valence-electron chi connectivity index (χ3n) is 3.60. The zero-order valence-electron chi connectivity index (χ0n) is 11.6. The van der Waals surface area contributed by atoms with Gasteiger partial charge in [-0.25, -0.2) is 0 Å². The van der Waals surface area contributed by atoms with Gasteiger partial charge in [-0.1, -0.05) is 6.07 Å². The van der Waals surface area contributed by atoms with Crippen molar-refractivity contribution >= 4 is 17.5 Å². The predicted molar refractivity (Wildman–Crippen MR) is 75.5 cm³/mol. The standard InChI is InChI=1S/C14H19N3O3/c1-8-10(13(15)18)4-3-5-11(8)17-14(19)12-6-9(20-2)7-16-12/h3-5,9,12,16H,6-7H2,1-2H3,(H2,15,18)(H,17,19). The summed E-state index contributed by atoms with van der Waals surface area (Å²) in [5, 5.41) is 5.93. The number of rotatable bonds is 4. The Kier molecular flexibility index (Phi) is 4.36. The van der Waals surface area contributed by atoms with E-state index < -0.39 is 5.91 Å². The average molecular weight is 277 g/mol. The van der Waals surface area contributed by atoms with Crippen molar-refractivity contribution in [3.8, 4) is 0 Å². The molecule has 6 nitrogen and oxygen atoms in total. The van der Waals surface area contributed by atoms with Crippen molar-refractivity contribution in [3.63, 3.8) is 0 Å². The molecule has 0 radical (unpaired) electrons. The van der Waals surface area contributed by atoms with E-state index in [4.69, 9.17) is 10.5 Å². The topological polar surface area (TPSA) is 93.4 Å². The summed E-state index contributed by atoms with van der Waals surface area (Å²) in [6.45, 7) is 2.42. The lowest BCUT2D eigenvalue weighted by atomic mass is 10.1. The first kappa shape index (κ1) is 14.5. The molecule has 0 aliphatic carbocycles. The monoisotopic (exact) mass is 277 g/mol. The van der Waals surface area contributed by atoms with Crippen LogP contribution >= 0.6 is 0 Å². The van der Waals surface area contributed by atoms with Gasteiger partial charge >= 0.3 is 0 Å². The van der Waals surface area contributed by atoms with Gasteiger partial charge in [-0.15, -0.1) is 0 Å². The first-order valence-corrected chi connectivity index (χ1v) is 6.49. The normalized spacial score (nSPS) is 21.7. The van der Waals surface area contributed by atoms with Crippen LogP contribution < -0.4 is 16.4 Å². The van der Waals surface area contributed by atoms with Crippen LogP contribution in [0.5, 0.6) is 0 Å². The molecule has 1 aliphatic heterocycles. The van der Waals surface area contributed by atoms with Crippen LogP contribution in [0.1, 0.15) is 22.3 Å². The number of carbonyl (C=O) groups is 2. The fourth-order valence-corrected chi connectivity index (χ4v) is 2.34. The predicted octanol–water partition coefficient (Wildman–Crippen LogP) is 0.409. The summed E-state index contributed by atoms with van der Waals surface area (Å²) in [5.74, 6) is -0.633. The molecular formula is C14H19N3O3. The minimum atomic E-state index is -0.503. The summed E-state index contributed by atoms with van der Waals surface area (Å²) < 4.78 is 5.21. The zero-order valence-corrected chi connectivity index (χ0v) is 11.6. The van der Waals surface area contributed by atoms with Crippen LogP contribution in [-0.2, 0) is 9.53 Å². The maximum atomic E-state index is 12.2. The van der Waals surface area contributed by atoms with E-state index in [-0.39, 0.29) is 18.1 Å². The lowest BCUT2D eigenvalue weighted by Crippen LogP contribution is -2.35. The molecule has 0 aromatic heterocycles. The molecule has 2 amide bonds. The van der Waals surface area contributed by atoms with Crippen molar-refractivity contribution in [2.24, 2.45) is 5.73 Å². The average Bonchev–Trinajstić information content (AvgIpc) is 2.89. The summed E-state index contributed by atoms with van der Waals surface area (Å²) in [7, 11) is 1.63. The third kappa shape index (κ3) is 2.97. The van der Waals surface area contributed by atoms with Crippen molar-refractivity contribution in [2.45, 2.75) is 25.5 Å². The van der Waals surface area contributed by atoms with Gasteiger partial charge in [-0.05, 0) is 31.0 Å². The summed E-state index contributed by atoms with van der Waals surface area (Å²) in [5.41, 5.74) is 6.99. The van der Waals surface area contributed by atoms with Crippen LogP contribution in [0, 0.1) is 6.92 Å². The van der Waals surface area contributed by atoms with Crippen LogP contribution in [0.3, 0.4) is 0 Å². The largest absolute Gasteiger partial charge is 0.380 e. The van der Waals surface area contributed by atoms with E-state index >= 15 is 0 Å². The van der Waals surface area contributed by atoms with Gasteiger partial charge in [0.25, 0.3) is 0 Å². The van der Waals surface area contributed by atoms with E-state index in [0.717, 1.165) is 0 Å². The molecular weight excluding hydrogens is 258 g/mol. The molecule has 1 saturated heterocycles. The molecule has 1 aromatic carbocycles. The SMILES string of the molecule is COC1CNC(C(=O)Nc2cccc(C(N)=O)c2C)C1. The minimum absolute atomic E-state index is 0.0591. The molecule has 2 unspecified atom stereocenters. The molecule has 0 bridgehead atoms. The van der Waals surface area contributed by atoms with Crippen molar-refractivity contribution < 1.29 is 14.3 Å². The number of anilines is 1. The van der Waals surface area contributed by atoms with E-state index in [9.17, 15) is 9.59 Å². The van der Waals surface area contributed by atoms with E-state index in [1.807, 2.05) is 0 Å². The number of benzene rings is 1. The fourth-order valence-electron chi connectivity index (χ4n) is 2.34. The second kappa shape index (κ2) is 6.02. The van der Waals surface area contributed by atoms with E-state index in [1.54, 1.807) is 32.2 Å². The summed E-state index contributed by atoms with van der Waals surface area (Å²) >= 11 is 0. The highest BCUT2D eigenvalue weighted by molar-refractivity contribution is 5.99. The molecule has 6 heteroatoms. The summed E-state index contributed by atoms with van der Waals surface area (Å²) in [4.78, 5) is 23.4. The molecule has 4 N–H and O–H groups in total. The molecule has 2 atom stereocenters. The number of hydrogen-bond acceptors (Lipinski definition) is 4. The van der Waals surface area contributed by atoms with Crippen molar-refractivity contribution in [3.05, 3.63) is 29.3 Å². The number of methoxy groups -OCH3 is 1. The minimum Gasteiger partial charge on any atom is -0.380 e. The Morgan fingerprint density at radius 1 is 1.45 bits per heavy atom. The van der Waals surface area contributed by atoms with Gasteiger partial charge in [0.05, 0.1) is 12.1 Å². The van der Waals surface area contributed by atoms with E-state index in [0.29, 0.717) is 29.8 Å². The Morgan fingerprint density at radius 3 is 2.80 bits per heavy atom. The number of amides is 2. The van der Waals surface area contributed by atoms with Crippen LogP contribution in [0.15, 0.2) is 18.2 Å². The first-order chi connectivity index (χ1) is 9.52.